The van der Waals surface area contributed by atoms with E-state index < -0.39 is 25.1 Å². The molecular formula is C27H30GeO2. The SMILES string of the molecule is [2H]C1(C(C)(C)[O][Ge]([c]2ccccc2)([c]2ccccc2)[c]2ccccc2)CCCCC1=O. The molecule has 1 aliphatic rings. The molecule has 2 nitrogen and oxygen atoms in total. The van der Waals surface area contributed by atoms with Crippen LogP contribution in [0.3, 0.4) is 0 Å². The molecule has 3 aromatic rings. The topological polar surface area (TPSA) is 26.3 Å². The van der Waals surface area contributed by atoms with E-state index in [0.29, 0.717) is 12.8 Å². The number of ketones is 1. The van der Waals surface area contributed by atoms with Gasteiger partial charge in [0.2, 0.25) is 0 Å². The zero-order valence-corrected chi connectivity index (χ0v) is 19.9. The molecule has 0 amide bonds. The van der Waals surface area contributed by atoms with E-state index in [0.717, 1.165) is 12.8 Å². The van der Waals surface area contributed by atoms with E-state index >= 15 is 0 Å². The first kappa shape index (κ1) is 19.8. The molecule has 0 spiro atoms. The van der Waals surface area contributed by atoms with Gasteiger partial charge in [-0.1, -0.05) is 0 Å². The van der Waals surface area contributed by atoms with Gasteiger partial charge in [0, 0.05) is 0 Å². The van der Waals surface area contributed by atoms with Crippen LogP contribution >= 0.6 is 0 Å². The molecule has 4 rings (SSSR count). The summed E-state index contributed by atoms with van der Waals surface area (Å²) in [4.78, 5) is 13.0. The fraction of sp³-hybridized carbons (Fsp3) is 0.296. The standard InChI is InChI=1S/C27H30GeO2/c1-27(2,25-20-12-13-21-26(25)29)30-28(22-14-6-3-7-15-22,23-16-8-4-9-17-23)24-18-10-5-11-19-24/h3-11,14-19,25H,12-13,20-21H2,1-2H3/i25D. The average molecular weight is 460 g/mol. The van der Waals surface area contributed by atoms with Gasteiger partial charge in [-0.2, -0.15) is 0 Å². The van der Waals surface area contributed by atoms with Crippen LogP contribution in [0, 0.1) is 5.89 Å². The average Bonchev–Trinajstić information content (AvgIpc) is 2.81. The van der Waals surface area contributed by atoms with Gasteiger partial charge in [0.15, 0.2) is 0 Å². The predicted octanol–water partition coefficient (Wildman–Crippen LogP) is 4.21. The number of rotatable bonds is 6. The van der Waals surface area contributed by atoms with Crippen LogP contribution in [0.5, 0.6) is 0 Å². The monoisotopic (exact) mass is 461 g/mol. The van der Waals surface area contributed by atoms with Gasteiger partial charge < -0.3 is 0 Å². The molecule has 0 N–H and O–H groups in total. The molecule has 0 bridgehead atoms. The summed E-state index contributed by atoms with van der Waals surface area (Å²) >= 11 is -3.71. The number of Topliss-reactive ketones (excluding diaryl/α,β-unsaturated/α-hetero) is 1. The van der Waals surface area contributed by atoms with Crippen LogP contribution in [0.25, 0.3) is 0 Å². The fourth-order valence-corrected chi connectivity index (χ4v) is 13.5. The molecule has 3 heteroatoms. The normalized spacial score (nSPS) is 20.6. The number of hydrogen-bond acceptors (Lipinski definition) is 2. The van der Waals surface area contributed by atoms with Crippen molar-refractivity contribution in [2.75, 3.05) is 0 Å². The zero-order chi connectivity index (χ0) is 22.0. The second kappa shape index (κ2) is 8.91. The Labute approximate surface area is 184 Å². The van der Waals surface area contributed by atoms with E-state index in [1.54, 1.807) is 0 Å². The van der Waals surface area contributed by atoms with E-state index in [2.05, 4.69) is 72.8 Å². The molecule has 0 aliphatic heterocycles. The maximum atomic E-state index is 13.0. The van der Waals surface area contributed by atoms with Crippen molar-refractivity contribution < 1.29 is 9.93 Å². The Morgan fingerprint density at radius 2 is 1.23 bits per heavy atom. The van der Waals surface area contributed by atoms with Crippen molar-refractivity contribution >= 4 is 32.6 Å². The molecule has 0 aromatic heterocycles. The Kier molecular flexibility index (Phi) is 5.87. The summed E-state index contributed by atoms with van der Waals surface area (Å²) in [6.45, 7) is 3.91. The molecule has 1 unspecified atom stereocenters. The molecule has 0 radical (unpaired) electrons. The maximum absolute atomic E-state index is 13.0. The van der Waals surface area contributed by atoms with Crippen LogP contribution in [0.1, 0.15) is 40.9 Å². The minimum atomic E-state index is -3.71. The van der Waals surface area contributed by atoms with E-state index in [4.69, 9.17) is 3.76 Å². The van der Waals surface area contributed by atoms with Crippen LogP contribution in [0.15, 0.2) is 91.0 Å². The van der Waals surface area contributed by atoms with Gasteiger partial charge in [0.1, 0.15) is 0 Å². The Morgan fingerprint density at radius 3 is 1.63 bits per heavy atom. The van der Waals surface area contributed by atoms with Crippen molar-refractivity contribution in [1.29, 1.82) is 0 Å². The molecule has 1 aliphatic carbocycles. The van der Waals surface area contributed by atoms with Crippen LogP contribution in [-0.2, 0) is 8.56 Å². The Balaban J connectivity index is 1.95. The molecule has 1 atom stereocenters. The summed E-state index contributed by atoms with van der Waals surface area (Å²) in [5.74, 6) is -1.23. The van der Waals surface area contributed by atoms with E-state index in [-0.39, 0.29) is 5.78 Å². The molecule has 0 heterocycles. The van der Waals surface area contributed by atoms with Gasteiger partial charge in [-0.25, -0.2) is 0 Å². The first-order valence-electron chi connectivity index (χ1n) is 11.3. The summed E-state index contributed by atoms with van der Waals surface area (Å²) < 4.78 is 20.0. The fourth-order valence-electron chi connectivity index (χ4n) is 4.65. The molecule has 3 aromatic carbocycles. The Hall–Kier alpha value is -2.17. The first-order chi connectivity index (χ1) is 14.9. The Morgan fingerprint density at radius 1 is 0.800 bits per heavy atom. The van der Waals surface area contributed by atoms with Crippen molar-refractivity contribution in [3.05, 3.63) is 91.0 Å². The number of carbonyl (C=O) groups excluding carboxylic acids is 1. The molecule has 0 saturated heterocycles. The van der Waals surface area contributed by atoms with Gasteiger partial charge in [-0.05, 0) is 0 Å². The summed E-state index contributed by atoms with van der Waals surface area (Å²) in [7, 11) is 0. The molecular weight excluding hydrogens is 429 g/mol. The van der Waals surface area contributed by atoms with E-state index in [9.17, 15) is 6.17 Å². The second-order valence-corrected chi connectivity index (χ2v) is 15.4. The van der Waals surface area contributed by atoms with Crippen LogP contribution in [0.2, 0.25) is 0 Å². The quantitative estimate of drug-likeness (QED) is 0.516. The summed E-state index contributed by atoms with van der Waals surface area (Å²) in [5.41, 5.74) is -0.925. The molecule has 1 saturated carbocycles. The Bertz CT molecular complexity index is 924. The van der Waals surface area contributed by atoms with Crippen LogP contribution < -0.4 is 13.2 Å². The van der Waals surface area contributed by atoms with Crippen molar-refractivity contribution in [3.63, 3.8) is 0 Å². The van der Waals surface area contributed by atoms with Crippen LogP contribution in [-0.4, -0.2) is 25.0 Å². The molecule has 154 valence electrons. The number of hydrogen-bond donors (Lipinski definition) is 0. The van der Waals surface area contributed by atoms with Gasteiger partial charge in [-0.3, -0.25) is 0 Å². The zero-order valence-electron chi connectivity index (χ0n) is 18.8. The van der Waals surface area contributed by atoms with Gasteiger partial charge in [0.05, 0.1) is 0 Å². The van der Waals surface area contributed by atoms with E-state index in [1.165, 1.54) is 13.2 Å². The minimum absolute atomic E-state index is 0.00855. The van der Waals surface area contributed by atoms with Crippen molar-refractivity contribution in [2.24, 2.45) is 5.89 Å². The van der Waals surface area contributed by atoms with E-state index in [1.807, 2.05) is 32.0 Å². The van der Waals surface area contributed by atoms with Gasteiger partial charge in [-0.15, -0.1) is 0 Å². The third kappa shape index (κ3) is 4.04. The van der Waals surface area contributed by atoms with Crippen molar-refractivity contribution in [1.82, 2.24) is 0 Å². The summed E-state index contributed by atoms with van der Waals surface area (Å²) in [5, 5.41) is 0. The predicted molar refractivity (Wildman–Crippen MR) is 126 cm³/mol. The van der Waals surface area contributed by atoms with Gasteiger partial charge >= 0.3 is 185 Å². The van der Waals surface area contributed by atoms with Gasteiger partial charge in [0.25, 0.3) is 0 Å². The molecule has 1 fully saturated rings. The summed E-state index contributed by atoms with van der Waals surface area (Å²) in [6.07, 6.45) is 2.79. The second-order valence-electron chi connectivity index (χ2n) is 8.50. The third-order valence-electron chi connectivity index (χ3n) is 6.09. The third-order valence-corrected chi connectivity index (χ3v) is 15.0. The number of carbonyl (C=O) groups is 1. The molecule has 30 heavy (non-hydrogen) atoms. The van der Waals surface area contributed by atoms with Crippen molar-refractivity contribution in [2.45, 2.75) is 45.1 Å². The summed E-state index contributed by atoms with van der Waals surface area (Å²) in [6, 6.07) is 31.3. The first-order valence-corrected chi connectivity index (χ1v) is 14.8. The van der Waals surface area contributed by atoms with Crippen LogP contribution in [0.4, 0.5) is 0 Å². The number of benzene rings is 3. The van der Waals surface area contributed by atoms with Crippen molar-refractivity contribution in [3.8, 4) is 0 Å².